The lowest BCUT2D eigenvalue weighted by Gasteiger charge is -2.07. The summed E-state index contributed by atoms with van der Waals surface area (Å²) in [5.41, 5.74) is 1.64. The second kappa shape index (κ2) is 6.77. The van der Waals surface area contributed by atoms with Gasteiger partial charge in [-0.15, -0.1) is 0 Å². The summed E-state index contributed by atoms with van der Waals surface area (Å²) in [7, 11) is 0. The van der Waals surface area contributed by atoms with Crippen LogP contribution in [0.15, 0.2) is 47.4 Å². The molecule has 0 aliphatic heterocycles. The fraction of sp³-hybridized carbons (Fsp3) is 0.0667. The molecule has 0 aliphatic rings. The van der Waals surface area contributed by atoms with Crippen molar-refractivity contribution in [2.45, 2.75) is 6.54 Å². The highest BCUT2D eigenvalue weighted by Gasteiger charge is 2.05. The van der Waals surface area contributed by atoms with Gasteiger partial charge in [0, 0.05) is 17.8 Å². The SMILES string of the molecule is O=C(/C=C/c1cccn(Cc2ccc(F)c(F)c2)c1=O)NO. The van der Waals surface area contributed by atoms with Gasteiger partial charge in [0.1, 0.15) is 0 Å². The molecule has 2 N–H and O–H groups in total. The number of nitrogens with one attached hydrogen (secondary N) is 1. The summed E-state index contributed by atoms with van der Waals surface area (Å²) in [6, 6.07) is 6.46. The molecule has 1 aromatic heterocycles. The number of nitrogens with zero attached hydrogens (tertiary/aromatic N) is 1. The fourth-order valence-electron chi connectivity index (χ4n) is 1.84. The third-order valence-electron chi connectivity index (χ3n) is 2.91. The van der Waals surface area contributed by atoms with E-state index in [-0.39, 0.29) is 12.1 Å². The van der Waals surface area contributed by atoms with Gasteiger partial charge in [0.15, 0.2) is 11.6 Å². The lowest BCUT2D eigenvalue weighted by molar-refractivity contribution is -0.124. The Bertz CT molecular complexity index is 785. The van der Waals surface area contributed by atoms with E-state index in [0.29, 0.717) is 5.56 Å². The zero-order valence-electron chi connectivity index (χ0n) is 11.3. The van der Waals surface area contributed by atoms with Gasteiger partial charge in [-0.25, -0.2) is 14.3 Å². The number of hydrogen-bond acceptors (Lipinski definition) is 3. The van der Waals surface area contributed by atoms with Crippen LogP contribution in [-0.2, 0) is 11.3 Å². The lowest BCUT2D eigenvalue weighted by Crippen LogP contribution is -2.22. The van der Waals surface area contributed by atoms with Crippen molar-refractivity contribution < 1.29 is 18.8 Å². The average Bonchev–Trinajstić information content (AvgIpc) is 2.51. The Balaban J connectivity index is 2.29. The summed E-state index contributed by atoms with van der Waals surface area (Å²) >= 11 is 0. The summed E-state index contributed by atoms with van der Waals surface area (Å²) < 4.78 is 27.3. The number of hydrogen-bond donors (Lipinski definition) is 2. The second-order valence-corrected chi connectivity index (χ2v) is 4.45. The number of pyridine rings is 1. The van der Waals surface area contributed by atoms with E-state index < -0.39 is 23.1 Å². The molecule has 0 saturated heterocycles. The first-order valence-electron chi connectivity index (χ1n) is 6.27. The maximum absolute atomic E-state index is 13.2. The minimum Gasteiger partial charge on any atom is -0.311 e. The van der Waals surface area contributed by atoms with Crippen molar-refractivity contribution >= 4 is 12.0 Å². The van der Waals surface area contributed by atoms with E-state index in [1.807, 2.05) is 0 Å². The molecule has 5 nitrogen and oxygen atoms in total. The van der Waals surface area contributed by atoms with Crippen LogP contribution in [0.3, 0.4) is 0 Å². The lowest BCUT2D eigenvalue weighted by atomic mass is 10.2. The van der Waals surface area contributed by atoms with Crippen LogP contribution in [0.5, 0.6) is 0 Å². The second-order valence-electron chi connectivity index (χ2n) is 4.45. The Morgan fingerprint density at radius 2 is 2.05 bits per heavy atom. The molecule has 0 bridgehead atoms. The van der Waals surface area contributed by atoms with Crippen LogP contribution in [0, 0.1) is 11.6 Å². The van der Waals surface area contributed by atoms with Gasteiger partial charge in [0.2, 0.25) is 0 Å². The molecule has 114 valence electrons. The molecular formula is C15H12F2N2O3. The van der Waals surface area contributed by atoms with Crippen LogP contribution in [0.4, 0.5) is 8.78 Å². The van der Waals surface area contributed by atoms with Gasteiger partial charge in [-0.05, 0) is 35.9 Å². The molecule has 0 radical (unpaired) electrons. The normalized spacial score (nSPS) is 10.9. The van der Waals surface area contributed by atoms with E-state index in [9.17, 15) is 18.4 Å². The summed E-state index contributed by atoms with van der Waals surface area (Å²) in [6.45, 7) is 0.0594. The minimum absolute atomic E-state index is 0.0594. The molecule has 0 spiro atoms. The first-order valence-corrected chi connectivity index (χ1v) is 6.27. The van der Waals surface area contributed by atoms with Crippen molar-refractivity contribution in [3.63, 3.8) is 0 Å². The van der Waals surface area contributed by atoms with Crippen LogP contribution in [-0.4, -0.2) is 15.7 Å². The van der Waals surface area contributed by atoms with Crippen molar-refractivity contribution in [1.29, 1.82) is 0 Å². The van der Waals surface area contributed by atoms with E-state index in [1.54, 1.807) is 6.07 Å². The molecule has 0 atom stereocenters. The van der Waals surface area contributed by atoms with E-state index in [2.05, 4.69) is 0 Å². The summed E-state index contributed by atoms with van der Waals surface area (Å²) in [5.74, 6) is -2.71. The number of carbonyl (C=O) groups excluding carboxylic acids is 1. The number of amides is 1. The van der Waals surface area contributed by atoms with Crippen molar-refractivity contribution in [2.75, 3.05) is 0 Å². The molecule has 0 saturated carbocycles. The Morgan fingerprint density at radius 1 is 1.27 bits per heavy atom. The maximum atomic E-state index is 13.2. The van der Waals surface area contributed by atoms with Crippen LogP contribution < -0.4 is 11.0 Å². The number of aromatic nitrogens is 1. The highest BCUT2D eigenvalue weighted by molar-refractivity contribution is 5.90. The van der Waals surface area contributed by atoms with Gasteiger partial charge < -0.3 is 4.57 Å². The molecule has 0 fully saturated rings. The van der Waals surface area contributed by atoms with Crippen molar-refractivity contribution in [3.8, 4) is 0 Å². The molecule has 0 aliphatic carbocycles. The standard InChI is InChI=1S/C15H12F2N2O3/c16-12-5-3-10(8-13(12)17)9-19-7-1-2-11(15(19)21)4-6-14(20)18-22/h1-8,22H,9H2,(H,18,20)/b6-4+. The monoisotopic (exact) mass is 306 g/mol. The van der Waals surface area contributed by atoms with Crippen LogP contribution in [0.2, 0.25) is 0 Å². The Hall–Kier alpha value is -2.80. The number of hydroxylamine groups is 1. The van der Waals surface area contributed by atoms with Crippen LogP contribution in [0.1, 0.15) is 11.1 Å². The zero-order chi connectivity index (χ0) is 16.1. The van der Waals surface area contributed by atoms with Gasteiger partial charge >= 0.3 is 0 Å². The van der Waals surface area contributed by atoms with Gasteiger partial charge in [-0.2, -0.15) is 0 Å². The topological polar surface area (TPSA) is 71.3 Å². The number of rotatable bonds is 4. The van der Waals surface area contributed by atoms with Crippen LogP contribution in [0.25, 0.3) is 6.08 Å². The third-order valence-corrected chi connectivity index (χ3v) is 2.91. The average molecular weight is 306 g/mol. The number of benzene rings is 1. The van der Waals surface area contributed by atoms with Gasteiger partial charge in [0.25, 0.3) is 11.5 Å². The predicted molar refractivity (Wildman–Crippen MR) is 75.1 cm³/mol. The number of carbonyl (C=O) groups is 1. The van der Waals surface area contributed by atoms with E-state index in [1.165, 1.54) is 34.5 Å². The van der Waals surface area contributed by atoms with Gasteiger partial charge in [-0.1, -0.05) is 6.07 Å². The molecule has 1 heterocycles. The molecule has 7 heteroatoms. The van der Waals surface area contributed by atoms with Gasteiger partial charge in [0.05, 0.1) is 6.54 Å². The van der Waals surface area contributed by atoms with Crippen molar-refractivity contribution in [3.05, 3.63) is 75.7 Å². The quantitative estimate of drug-likeness (QED) is 0.513. The Kier molecular flexibility index (Phi) is 4.80. The van der Waals surface area contributed by atoms with Crippen LogP contribution >= 0.6 is 0 Å². The summed E-state index contributed by atoms with van der Waals surface area (Å²) in [6.07, 6.45) is 3.74. The van der Waals surface area contributed by atoms with E-state index >= 15 is 0 Å². The highest BCUT2D eigenvalue weighted by Crippen LogP contribution is 2.09. The highest BCUT2D eigenvalue weighted by atomic mass is 19.2. The maximum Gasteiger partial charge on any atom is 0.267 e. The number of halogens is 2. The van der Waals surface area contributed by atoms with Crippen molar-refractivity contribution in [1.82, 2.24) is 10.0 Å². The molecule has 2 aromatic rings. The largest absolute Gasteiger partial charge is 0.311 e. The molecule has 2 rings (SSSR count). The fourth-order valence-corrected chi connectivity index (χ4v) is 1.84. The molecule has 1 aromatic carbocycles. The molecular weight excluding hydrogens is 294 g/mol. The first-order chi connectivity index (χ1) is 10.5. The van der Waals surface area contributed by atoms with E-state index in [4.69, 9.17) is 5.21 Å². The first kappa shape index (κ1) is 15.6. The van der Waals surface area contributed by atoms with Gasteiger partial charge in [-0.3, -0.25) is 14.8 Å². The smallest absolute Gasteiger partial charge is 0.267 e. The zero-order valence-corrected chi connectivity index (χ0v) is 11.3. The van der Waals surface area contributed by atoms with E-state index in [0.717, 1.165) is 18.2 Å². The predicted octanol–water partition coefficient (Wildman–Crippen LogP) is 1.69. The summed E-state index contributed by atoms with van der Waals surface area (Å²) in [5, 5.41) is 8.38. The minimum atomic E-state index is -0.985. The third kappa shape index (κ3) is 3.64. The molecule has 22 heavy (non-hydrogen) atoms. The molecule has 0 unspecified atom stereocenters. The summed E-state index contributed by atoms with van der Waals surface area (Å²) in [4.78, 5) is 23.1. The Morgan fingerprint density at radius 3 is 2.73 bits per heavy atom. The Labute approximate surface area is 124 Å². The molecule has 1 amide bonds. The van der Waals surface area contributed by atoms with Crippen molar-refractivity contribution in [2.24, 2.45) is 0 Å².